The maximum atomic E-state index is 13.9. The van der Waals surface area contributed by atoms with Crippen molar-refractivity contribution in [1.29, 1.82) is 0 Å². The van der Waals surface area contributed by atoms with Crippen LogP contribution in [-0.2, 0) is 0 Å². The van der Waals surface area contributed by atoms with Gasteiger partial charge in [-0.1, -0.05) is 26.0 Å². The fourth-order valence-corrected chi connectivity index (χ4v) is 2.57. The lowest BCUT2D eigenvalue weighted by atomic mass is 9.73. The van der Waals surface area contributed by atoms with Gasteiger partial charge >= 0.3 is 0 Å². The zero-order valence-electron chi connectivity index (χ0n) is 11.2. The normalized spacial score (nSPS) is 26.9. The minimum atomic E-state index is -0.550. The molecule has 18 heavy (non-hydrogen) atoms. The summed E-state index contributed by atoms with van der Waals surface area (Å²) in [6, 6.07) is 5.11. The number of benzene rings is 1. The minimum absolute atomic E-state index is 0.163. The maximum Gasteiger partial charge on any atom is 0.167 e. The lowest BCUT2D eigenvalue weighted by Gasteiger charge is -2.40. The molecule has 0 bridgehead atoms. The number of aliphatic hydroxyl groups excluding tert-OH is 1. The quantitative estimate of drug-likeness (QED) is 0.873. The SMILES string of the molecule is Cc1cccc(OC2CCCC(C)(C)C2O)c1F. The lowest BCUT2D eigenvalue weighted by Crippen LogP contribution is -2.46. The van der Waals surface area contributed by atoms with Crippen LogP contribution in [0.2, 0.25) is 0 Å². The van der Waals surface area contributed by atoms with E-state index in [-0.39, 0.29) is 23.1 Å². The van der Waals surface area contributed by atoms with Gasteiger partial charge in [-0.05, 0) is 43.2 Å². The van der Waals surface area contributed by atoms with Crippen molar-refractivity contribution in [1.82, 2.24) is 0 Å². The van der Waals surface area contributed by atoms with Crippen molar-refractivity contribution in [3.63, 3.8) is 0 Å². The van der Waals surface area contributed by atoms with Gasteiger partial charge in [0.2, 0.25) is 0 Å². The number of aryl methyl sites for hydroxylation is 1. The van der Waals surface area contributed by atoms with Gasteiger partial charge in [-0.2, -0.15) is 0 Å². The second-order valence-electron chi connectivity index (χ2n) is 5.87. The number of hydrogen-bond donors (Lipinski definition) is 1. The van der Waals surface area contributed by atoms with Crippen LogP contribution >= 0.6 is 0 Å². The van der Waals surface area contributed by atoms with Gasteiger partial charge in [0, 0.05) is 0 Å². The van der Waals surface area contributed by atoms with Crippen molar-refractivity contribution in [2.75, 3.05) is 0 Å². The third-order valence-electron chi connectivity index (χ3n) is 3.90. The summed E-state index contributed by atoms with van der Waals surface area (Å²) in [6.45, 7) is 5.77. The molecule has 1 aliphatic carbocycles. The molecular formula is C15H21FO2. The van der Waals surface area contributed by atoms with Gasteiger partial charge in [0.25, 0.3) is 0 Å². The van der Waals surface area contributed by atoms with E-state index in [2.05, 4.69) is 0 Å². The molecule has 0 saturated heterocycles. The van der Waals surface area contributed by atoms with Crippen LogP contribution in [0.25, 0.3) is 0 Å². The number of rotatable bonds is 2. The summed E-state index contributed by atoms with van der Waals surface area (Å²) < 4.78 is 19.6. The Morgan fingerprint density at radius 3 is 2.83 bits per heavy atom. The second kappa shape index (κ2) is 4.88. The topological polar surface area (TPSA) is 29.5 Å². The minimum Gasteiger partial charge on any atom is -0.485 e. The zero-order valence-corrected chi connectivity index (χ0v) is 11.2. The summed E-state index contributed by atoms with van der Waals surface area (Å²) in [4.78, 5) is 0. The molecule has 0 aliphatic heterocycles. The molecule has 0 aromatic heterocycles. The monoisotopic (exact) mass is 252 g/mol. The lowest BCUT2D eigenvalue weighted by molar-refractivity contribution is -0.0700. The molecule has 1 aromatic carbocycles. The highest BCUT2D eigenvalue weighted by Gasteiger charge is 2.39. The highest BCUT2D eigenvalue weighted by molar-refractivity contribution is 5.30. The van der Waals surface area contributed by atoms with E-state index in [1.54, 1.807) is 25.1 Å². The van der Waals surface area contributed by atoms with E-state index in [0.717, 1.165) is 19.3 Å². The van der Waals surface area contributed by atoms with Crippen LogP contribution in [0.3, 0.4) is 0 Å². The van der Waals surface area contributed by atoms with Crippen molar-refractivity contribution in [3.05, 3.63) is 29.6 Å². The molecule has 2 unspecified atom stereocenters. The van der Waals surface area contributed by atoms with Gasteiger partial charge in [-0.25, -0.2) is 4.39 Å². The molecule has 0 heterocycles. The molecule has 1 fully saturated rings. The molecule has 2 atom stereocenters. The Bertz CT molecular complexity index is 429. The van der Waals surface area contributed by atoms with Crippen LogP contribution in [0.5, 0.6) is 5.75 Å². The molecule has 1 saturated carbocycles. The van der Waals surface area contributed by atoms with Gasteiger partial charge < -0.3 is 9.84 Å². The van der Waals surface area contributed by atoms with Crippen LogP contribution in [0.15, 0.2) is 18.2 Å². The average molecular weight is 252 g/mol. The molecule has 3 heteroatoms. The summed E-state index contributed by atoms with van der Waals surface area (Å²) in [5.41, 5.74) is 0.403. The Hall–Kier alpha value is -1.09. The van der Waals surface area contributed by atoms with E-state index in [1.807, 2.05) is 13.8 Å². The Morgan fingerprint density at radius 1 is 1.39 bits per heavy atom. The van der Waals surface area contributed by atoms with Crippen molar-refractivity contribution in [2.45, 2.75) is 52.2 Å². The number of hydrogen-bond acceptors (Lipinski definition) is 2. The van der Waals surface area contributed by atoms with Crippen molar-refractivity contribution >= 4 is 0 Å². The van der Waals surface area contributed by atoms with E-state index in [9.17, 15) is 9.50 Å². The fraction of sp³-hybridized carbons (Fsp3) is 0.600. The van der Waals surface area contributed by atoms with E-state index in [1.165, 1.54) is 0 Å². The third-order valence-corrected chi connectivity index (χ3v) is 3.90. The summed E-state index contributed by atoms with van der Waals surface area (Å²) in [5.74, 6) is -0.0789. The number of ether oxygens (including phenoxy) is 1. The first kappa shape index (κ1) is 13.3. The molecular weight excluding hydrogens is 231 g/mol. The Labute approximate surface area is 108 Å². The highest BCUT2D eigenvalue weighted by atomic mass is 19.1. The first-order chi connectivity index (χ1) is 8.42. The molecule has 2 rings (SSSR count). The highest BCUT2D eigenvalue weighted by Crippen LogP contribution is 2.37. The zero-order chi connectivity index (χ0) is 13.3. The third kappa shape index (κ3) is 2.51. The molecule has 1 aliphatic rings. The van der Waals surface area contributed by atoms with E-state index in [0.29, 0.717) is 5.56 Å². The molecule has 1 aromatic rings. The van der Waals surface area contributed by atoms with Crippen LogP contribution in [0.4, 0.5) is 4.39 Å². The first-order valence-electron chi connectivity index (χ1n) is 6.51. The van der Waals surface area contributed by atoms with Crippen molar-refractivity contribution in [3.8, 4) is 5.75 Å². The summed E-state index contributed by atoms with van der Waals surface area (Å²) in [6.07, 6.45) is 1.89. The predicted octanol–water partition coefficient (Wildman–Crippen LogP) is 3.45. The largest absolute Gasteiger partial charge is 0.485 e. The van der Waals surface area contributed by atoms with E-state index < -0.39 is 6.10 Å². The molecule has 0 radical (unpaired) electrons. The van der Waals surface area contributed by atoms with Crippen LogP contribution < -0.4 is 4.74 Å². The standard InChI is InChI=1S/C15H21FO2/c1-10-6-4-7-11(13(10)16)18-12-8-5-9-15(2,3)14(12)17/h4,6-7,12,14,17H,5,8-9H2,1-3H3. The van der Waals surface area contributed by atoms with Gasteiger partial charge in [0.05, 0.1) is 6.10 Å². The fourth-order valence-electron chi connectivity index (χ4n) is 2.57. The van der Waals surface area contributed by atoms with Crippen LogP contribution in [0, 0.1) is 18.2 Å². The van der Waals surface area contributed by atoms with Gasteiger partial charge in [-0.15, -0.1) is 0 Å². The smallest absolute Gasteiger partial charge is 0.167 e. The van der Waals surface area contributed by atoms with Crippen molar-refractivity contribution < 1.29 is 14.2 Å². The van der Waals surface area contributed by atoms with Gasteiger partial charge in [0.15, 0.2) is 11.6 Å². The second-order valence-corrected chi connectivity index (χ2v) is 5.87. The van der Waals surface area contributed by atoms with Gasteiger partial charge in [0.1, 0.15) is 6.10 Å². The molecule has 100 valence electrons. The summed E-state index contributed by atoms with van der Waals surface area (Å²) in [7, 11) is 0. The number of aliphatic hydroxyl groups is 1. The van der Waals surface area contributed by atoms with E-state index >= 15 is 0 Å². The Morgan fingerprint density at radius 2 is 2.11 bits per heavy atom. The maximum absolute atomic E-state index is 13.9. The van der Waals surface area contributed by atoms with E-state index in [4.69, 9.17) is 4.74 Å². The van der Waals surface area contributed by atoms with Crippen LogP contribution in [0.1, 0.15) is 38.7 Å². The molecule has 0 spiro atoms. The van der Waals surface area contributed by atoms with Gasteiger partial charge in [-0.3, -0.25) is 0 Å². The number of halogens is 1. The summed E-state index contributed by atoms with van der Waals surface area (Å²) >= 11 is 0. The average Bonchev–Trinajstić information content (AvgIpc) is 2.31. The first-order valence-corrected chi connectivity index (χ1v) is 6.51. The Kier molecular flexibility index (Phi) is 3.62. The van der Waals surface area contributed by atoms with Crippen LogP contribution in [-0.4, -0.2) is 17.3 Å². The predicted molar refractivity (Wildman–Crippen MR) is 69.2 cm³/mol. The molecule has 1 N–H and O–H groups in total. The summed E-state index contributed by atoms with van der Waals surface area (Å²) in [5, 5.41) is 10.3. The molecule has 2 nitrogen and oxygen atoms in total. The Balaban J connectivity index is 2.16. The van der Waals surface area contributed by atoms with Crippen molar-refractivity contribution in [2.24, 2.45) is 5.41 Å². The molecule has 0 amide bonds.